The Labute approximate surface area is 184 Å². The molecule has 148 valence electrons. The van der Waals surface area contributed by atoms with E-state index in [1.165, 1.54) is 11.1 Å². The molecule has 3 rings (SSSR count). The van der Waals surface area contributed by atoms with Crippen LogP contribution >= 0.6 is 24.0 Å². The van der Waals surface area contributed by atoms with Gasteiger partial charge in [-0.3, -0.25) is 4.99 Å². The summed E-state index contributed by atoms with van der Waals surface area (Å²) in [6, 6.07) is 20.9. The van der Waals surface area contributed by atoms with Crippen LogP contribution in [0.1, 0.15) is 22.5 Å². The van der Waals surface area contributed by atoms with E-state index in [1.54, 1.807) is 7.05 Å². The van der Waals surface area contributed by atoms with Crippen LogP contribution in [0, 0.1) is 13.8 Å². The van der Waals surface area contributed by atoms with Crippen LogP contribution in [0.4, 0.5) is 0 Å². The van der Waals surface area contributed by atoms with Gasteiger partial charge < -0.3 is 10.6 Å². The van der Waals surface area contributed by atoms with E-state index in [1.807, 2.05) is 23.7 Å². The average molecular weight is 489 g/mol. The third-order valence-corrected chi connectivity index (χ3v) is 4.45. The lowest BCUT2D eigenvalue weighted by Gasteiger charge is -2.15. The van der Waals surface area contributed by atoms with Gasteiger partial charge >= 0.3 is 0 Å². The highest BCUT2D eigenvalue weighted by molar-refractivity contribution is 14.0. The maximum Gasteiger partial charge on any atom is 0.191 e. The maximum absolute atomic E-state index is 4.61. The van der Waals surface area contributed by atoms with Crippen molar-refractivity contribution in [2.45, 2.75) is 26.8 Å². The average Bonchev–Trinajstić information content (AvgIpc) is 3.03. The van der Waals surface area contributed by atoms with Crippen LogP contribution in [-0.4, -0.2) is 29.3 Å². The smallest absolute Gasteiger partial charge is 0.191 e. The molecule has 0 saturated carbocycles. The third kappa shape index (κ3) is 5.82. The Balaban J connectivity index is 0.00000280. The second kappa shape index (κ2) is 10.8. The van der Waals surface area contributed by atoms with Crippen molar-refractivity contribution >= 4 is 29.9 Å². The van der Waals surface area contributed by atoms with Gasteiger partial charge in [0, 0.05) is 25.8 Å². The van der Waals surface area contributed by atoms with Crippen LogP contribution in [-0.2, 0) is 13.0 Å². The second-order valence-electron chi connectivity index (χ2n) is 6.56. The van der Waals surface area contributed by atoms with E-state index in [9.17, 15) is 0 Å². The van der Waals surface area contributed by atoms with Crippen LogP contribution < -0.4 is 10.6 Å². The first-order chi connectivity index (χ1) is 13.2. The summed E-state index contributed by atoms with van der Waals surface area (Å²) in [5, 5.41) is 11.4. The lowest BCUT2D eigenvalue weighted by molar-refractivity contribution is 0.775. The Hall–Kier alpha value is -2.35. The number of hydrogen-bond acceptors (Lipinski definition) is 2. The molecule has 0 radical (unpaired) electrons. The molecule has 2 aromatic carbocycles. The Kier molecular flexibility index (Phi) is 8.50. The highest BCUT2D eigenvalue weighted by Crippen LogP contribution is 2.16. The normalized spacial score (nSPS) is 11.0. The fraction of sp³-hybridized carbons (Fsp3) is 0.273. The lowest BCUT2D eigenvalue weighted by Crippen LogP contribution is -2.38. The van der Waals surface area contributed by atoms with E-state index in [4.69, 9.17) is 0 Å². The first kappa shape index (κ1) is 21.9. The maximum atomic E-state index is 4.61. The van der Waals surface area contributed by atoms with Crippen molar-refractivity contribution in [3.8, 4) is 5.69 Å². The Bertz CT molecular complexity index is 902. The van der Waals surface area contributed by atoms with E-state index < -0.39 is 0 Å². The number of aromatic nitrogens is 2. The zero-order valence-corrected chi connectivity index (χ0v) is 19.0. The van der Waals surface area contributed by atoms with Gasteiger partial charge in [0.1, 0.15) is 0 Å². The standard InChI is InChI=1S/C22H27N5.HI/c1-17-15-18(2)27(26-17)21-12-8-7-11-20(21)16-25-22(23-3)24-14-13-19-9-5-4-6-10-19;/h4-12,15H,13-14,16H2,1-3H3,(H2,23,24,25);1H. The molecular formula is C22H28IN5. The molecule has 0 spiro atoms. The largest absolute Gasteiger partial charge is 0.356 e. The number of guanidine groups is 1. The number of nitrogens with zero attached hydrogens (tertiary/aromatic N) is 3. The number of nitrogens with one attached hydrogen (secondary N) is 2. The lowest BCUT2D eigenvalue weighted by atomic mass is 10.1. The number of halogens is 1. The Morgan fingerprint density at radius 1 is 1.00 bits per heavy atom. The van der Waals surface area contributed by atoms with Crippen molar-refractivity contribution in [2.75, 3.05) is 13.6 Å². The van der Waals surface area contributed by atoms with Gasteiger partial charge in [-0.2, -0.15) is 5.10 Å². The summed E-state index contributed by atoms with van der Waals surface area (Å²) in [6.45, 7) is 5.61. The summed E-state index contributed by atoms with van der Waals surface area (Å²) in [7, 11) is 1.80. The van der Waals surface area contributed by atoms with Crippen molar-refractivity contribution in [3.05, 3.63) is 83.2 Å². The van der Waals surface area contributed by atoms with Crippen molar-refractivity contribution in [2.24, 2.45) is 4.99 Å². The molecule has 0 bridgehead atoms. The number of aliphatic imine (C=N–C) groups is 1. The molecule has 0 saturated heterocycles. The van der Waals surface area contributed by atoms with Crippen molar-refractivity contribution in [3.63, 3.8) is 0 Å². The molecule has 1 heterocycles. The van der Waals surface area contributed by atoms with Crippen LogP contribution in [0.5, 0.6) is 0 Å². The van der Waals surface area contributed by atoms with Crippen LogP contribution in [0.2, 0.25) is 0 Å². The predicted octanol–water partition coefficient (Wildman–Crippen LogP) is 4.01. The Morgan fingerprint density at radius 2 is 1.71 bits per heavy atom. The van der Waals surface area contributed by atoms with E-state index in [0.717, 1.165) is 36.0 Å². The quantitative estimate of drug-likeness (QED) is 0.313. The zero-order chi connectivity index (χ0) is 19.1. The van der Waals surface area contributed by atoms with Gasteiger partial charge in [0.05, 0.1) is 11.4 Å². The van der Waals surface area contributed by atoms with Gasteiger partial charge in [-0.05, 0) is 43.5 Å². The molecule has 0 atom stereocenters. The van der Waals surface area contributed by atoms with Crippen molar-refractivity contribution in [1.82, 2.24) is 20.4 Å². The summed E-state index contributed by atoms with van der Waals surface area (Å²) in [4.78, 5) is 4.33. The minimum absolute atomic E-state index is 0. The monoisotopic (exact) mass is 489 g/mol. The fourth-order valence-corrected chi connectivity index (χ4v) is 3.11. The number of aryl methyl sites for hydroxylation is 2. The van der Waals surface area contributed by atoms with E-state index in [0.29, 0.717) is 6.54 Å². The molecule has 0 aliphatic heterocycles. The number of rotatable bonds is 6. The molecule has 0 aliphatic rings. The molecule has 0 amide bonds. The molecule has 0 aliphatic carbocycles. The minimum atomic E-state index is 0. The van der Waals surface area contributed by atoms with E-state index in [2.05, 4.69) is 76.2 Å². The highest BCUT2D eigenvalue weighted by Gasteiger charge is 2.09. The molecule has 0 unspecified atom stereocenters. The number of para-hydroxylation sites is 1. The van der Waals surface area contributed by atoms with Crippen LogP contribution in [0.15, 0.2) is 65.7 Å². The van der Waals surface area contributed by atoms with Crippen LogP contribution in [0.25, 0.3) is 5.69 Å². The van der Waals surface area contributed by atoms with Gasteiger partial charge in [-0.15, -0.1) is 24.0 Å². The first-order valence-electron chi connectivity index (χ1n) is 9.27. The SMILES string of the molecule is CN=C(NCCc1ccccc1)NCc1ccccc1-n1nc(C)cc1C.I. The zero-order valence-electron chi connectivity index (χ0n) is 16.6. The molecular weight excluding hydrogens is 461 g/mol. The molecule has 1 aromatic heterocycles. The Morgan fingerprint density at radius 3 is 2.39 bits per heavy atom. The van der Waals surface area contributed by atoms with Gasteiger partial charge in [0.2, 0.25) is 0 Å². The summed E-state index contributed by atoms with van der Waals surface area (Å²) in [5.74, 6) is 0.800. The van der Waals surface area contributed by atoms with Gasteiger partial charge in [-0.25, -0.2) is 4.68 Å². The number of hydrogen-bond donors (Lipinski definition) is 2. The summed E-state index contributed by atoms with van der Waals surface area (Å²) in [6.07, 6.45) is 0.962. The molecule has 28 heavy (non-hydrogen) atoms. The van der Waals surface area contributed by atoms with E-state index in [-0.39, 0.29) is 24.0 Å². The summed E-state index contributed by atoms with van der Waals surface area (Å²) < 4.78 is 2.00. The highest BCUT2D eigenvalue weighted by atomic mass is 127. The van der Waals surface area contributed by atoms with Crippen molar-refractivity contribution < 1.29 is 0 Å². The van der Waals surface area contributed by atoms with Crippen LogP contribution in [0.3, 0.4) is 0 Å². The first-order valence-corrected chi connectivity index (χ1v) is 9.27. The fourth-order valence-electron chi connectivity index (χ4n) is 3.11. The molecule has 2 N–H and O–H groups in total. The van der Waals surface area contributed by atoms with E-state index >= 15 is 0 Å². The molecule has 5 nitrogen and oxygen atoms in total. The molecule has 3 aromatic rings. The van der Waals surface area contributed by atoms with Gasteiger partial charge in [0.25, 0.3) is 0 Å². The number of benzene rings is 2. The minimum Gasteiger partial charge on any atom is -0.356 e. The van der Waals surface area contributed by atoms with Gasteiger partial charge in [0.15, 0.2) is 5.96 Å². The van der Waals surface area contributed by atoms with Crippen molar-refractivity contribution in [1.29, 1.82) is 0 Å². The summed E-state index contributed by atoms with van der Waals surface area (Å²) >= 11 is 0. The third-order valence-electron chi connectivity index (χ3n) is 4.45. The molecule has 0 fully saturated rings. The summed E-state index contributed by atoms with van der Waals surface area (Å²) in [5.41, 5.74) is 5.74. The van der Waals surface area contributed by atoms with Gasteiger partial charge in [-0.1, -0.05) is 48.5 Å². The molecule has 6 heteroatoms. The second-order valence-corrected chi connectivity index (χ2v) is 6.56. The predicted molar refractivity (Wildman–Crippen MR) is 127 cm³/mol. The topological polar surface area (TPSA) is 54.2 Å².